The molecule has 3 saturated heterocycles. The van der Waals surface area contributed by atoms with Crippen LogP contribution in [0.15, 0.2) is 24.3 Å². The van der Waals surface area contributed by atoms with E-state index in [-0.39, 0.29) is 18.9 Å². The van der Waals surface area contributed by atoms with Gasteiger partial charge in [0.05, 0.1) is 38.6 Å². The molecule has 19 nitrogen and oxygen atoms in total. The zero-order valence-electron chi connectivity index (χ0n) is 54.7. The molecule has 19 heteroatoms. The molecule has 3 fully saturated rings. The predicted octanol–water partition coefficient (Wildman–Crippen LogP) is 9.44. The van der Waals surface area contributed by atoms with Crippen LogP contribution in [-0.4, -0.2) is 193 Å². The summed E-state index contributed by atoms with van der Waals surface area (Å²) in [5, 5.41) is 121. The third kappa shape index (κ3) is 33.4. The number of unbranched alkanes of at least 4 members (excludes halogenated alkanes) is 35. The van der Waals surface area contributed by atoms with Gasteiger partial charge < -0.3 is 89.9 Å². The summed E-state index contributed by atoms with van der Waals surface area (Å²) in [6, 6.07) is -0.894. The van der Waals surface area contributed by atoms with Crippen LogP contribution in [0.1, 0.15) is 277 Å². The number of nitrogens with one attached hydrogen (secondary N) is 1. The number of allylic oxidation sites excluding steroid dienone is 4. The highest BCUT2D eigenvalue weighted by Crippen LogP contribution is 2.33. The lowest BCUT2D eigenvalue weighted by atomic mass is 9.96. The molecule has 88 heavy (non-hydrogen) atoms. The molecule has 1 amide bonds. The van der Waals surface area contributed by atoms with Crippen molar-refractivity contribution < 1.29 is 89.4 Å². The SMILES string of the molecule is CCCC/C=C\C/C=C\CCCCCCCC(=O)NC(COC1OC(CO)C(OC2OC(CO)C(OC3OC(CO)C(O)C(O)C3O)C(O)C2O)C(O)C1O)C(O)CCCCCCCCCCCCCCCCCCCCCCCCCCCCCCC. The smallest absolute Gasteiger partial charge is 0.220 e. The van der Waals surface area contributed by atoms with Gasteiger partial charge in [0.15, 0.2) is 18.9 Å². The van der Waals surface area contributed by atoms with E-state index >= 15 is 0 Å². The van der Waals surface area contributed by atoms with Gasteiger partial charge in [-0.2, -0.15) is 0 Å². The Morgan fingerprint density at radius 3 is 1.19 bits per heavy atom. The summed E-state index contributed by atoms with van der Waals surface area (Å²) in [6.45, 7) is 1.77. The average Bonchev–Trinajstić information content (AvgIpc) is 2.85. The summed E-state index contributed by atoms with van der Waals surface area (Å²) in [6.07, 6.45) is 31.3. The van der Waals surface area contributed by atoms with E-state index in [0.717, 1.165) is 70.6 Å². The van der Waals surface area contributed by atoms with Crippen LogP contribution >= 0.6 is 0 Å². The number of aliphatic hydroxyl groups excluding tert-OH is 11. The number of carbonyl (C=O) groups excluding carboxylic acids is 1. The van der Waals surface area contributed by atoms with Gasteiger partial charge in [-0.3, -0.25) is 4.79 Å². The second-order valence-electron chi connectivity index (χ2n) is 25.7. The van der Waals surface area contributed by atoms with E-state index in [4.69, 9.17) is 28.4 Å². The molecule has 0 aromatic carbocycles. The Labute approximate surface area is 530 Å². The predicted molar refractivity (Wildman–Crippen MR) is 342 cm³/mol. The van der Waals surface area contributed by atoms with Crippen LogP contribution in [0.4, 0.5) is 0 Å². The van der Waals surface area contributed by atoms with Crippen molar-refractivity contribution in [3.05, 3.63) is 24.3 Å². The van der Waals surface area contributed by atoms with Crippen molar-refractivity contribution in [1.82, 2.24) is 5.32 Å². The number of rotatable bonds is 55. The number of hydrogen-bond acceptors (Lipinski definition) is 18. The summed E-state index contributed by atoms with van der Waals surface area (Å²) in [4.78, 5) is 13.4. The number of amides is 1. The number of aliphatic hydroxyl groups is 11. The van der Waals surface area contributed by atoms with Crippen LogP contribution in [0, 0.1) is 0 Å². The molecule has 3 heterocycles. The van der Waals surface area contributed by atoms with E-state index in [1.165, 1.54) is 173 Å². The molecular formula is C69H129NO18. The Kier molecular flexibility index (Phi) is 47.3. The molecule has 3 aliphatic heterocycles. The van der Waals surface area contributed by atoms with Crippen molar-refractivity contribution in [3.63, 3.8) is 0 Å². The minimum Gasteiger partial charge on any atom is -0.394 e. The second-order valence-corrected chi connectivity index (χ2v) is 25.7. The highest BCUT2D eigenvalue weighted by Gasteiger charge is 2.53. The van der Waals surface area contributed by atoms with Crippen molar-refractivity contribution in [2.45, 2.75) is 381 Å². The molecule has 0 aromatic heterocycles. The summed E-state index contributed by atoms with van der Waals surface area (Å²) in [5.41, 5.74) is 0. The van der Waals surface area contributed by atoms with Crippen LogP contribution in [0.25, 0.3) is 0 Å². The Bertz CT molecular complexity index is 1690. The molecule has 12 N–H and O–H groups in total. The fraction of sp³-hybridized carbons (Fsp3) is 0.928. The third-order valence-electron chi connectivity index (χ3n) is 18.0. The molecular weight excluding hydrogens is 1130 g/mol. The Balaban J connectivity index is 1.39. The van der Waals surface area contributed by atoms with Gasteiger partial charge in [-0.15, -0.1) is 0 Å². The topological polar surface area (TPSA) is 307 Å². The van der Waals surface area contributed by atoms with Gasteiger partial charge in [-0.05, 0) is 38.5 Å². The van der Waals surface area contributed by atoms with Crippen LogP contribution in [0.5, 0.6) is 0 Å². The van der Waals surface area contributed by atoms with Crippen LogP contribution in [0.3, 0.4) is 0 Å². The van der Waals surface area contributed by atoms with E-state index in [2.05, 4.69) is 43.5 Å². The Morgan fingerprint density at radius 1 is 0.409 bits per heavy atom. The van der Waals surface area contributed by atoms with E-state index < -0.39 is 124 Å². The van der Waals surface area contributed by atoms with Crippen molar-refractivity contribution in [3.8, 4) is 0 Å². The maximum Gasteiger partial charge on any atom is 0.220 e. The molecule has 0 bridgehead atoms. The summed E-state index contributed by atoms with van der Waals surface area (Å²) in [7, 11) is 0. The quantitative estimate of drug-likeness (QED) is 0.0199. The highest BCUT2D eigenvalue weighted by atomic mass is 16.8. The zero-order valence-corrected chi connectivity index (χ0v) is 54.7. The van der Waals surface area contributed by atoms with Gasteiger partial charge in [-0.25, -0.2) is 0 Å². The highest BCUT2D eigenvalue weighted by molar-refractivity contribution is 5.76. The Morgan fingerprint density at radius 2 is 0.761 bits per heavy atom. The summed E-state index contributed by atoms with van der Waals surface area (Å²) in [5.74, 6) is -0.254. The van der Waals surface area contributed by atoms with Gasteiger partial charge in [0, 0.05) is 6.42 Å². The summed E-state index contributed by atoms with van der Waals surface area (Å²) < 4.78 is 34.4. The molecule has 0 aromatic rings. The zero-order chi connectivity index (χ0) is 64.0. The second kappa shape index (κ2) is 51.7. The van der Waals surface area contributed by atoms with Crippen LogP contribution in [-0.2, 0) is 33.2 Å². The fourth-order valence-corrected chi connectivity index (χ4v) is 12.2. The third-order valence-corrected chi connectivity index (χ3v) is 18.0. The molecule has 3 rings (SSSR count). The molecule has 3 aliphatic rings. The fourth-order valence-electron chi connectivity index (χ4n) is 12.2. The van der Waals surface area contributed by atoms with Crippen LogP contribution < -0.4 is 5.32 Å². The largest absolute Gasteiger partial charge is 0.394 e. The first-order chi connectivity index (χ1) is 42.8. The molecule has 518 valence electrons. The van der Waals surface area contributed by atoms with E-state index in [9.17, 15) is 61.0 Å². The van der Waals surface area contributed by atoms with E-state index in [1.807, 2.05) is 0 Å². The number of carbonyl (C=O) groups is 1. The first-order valence-corrected chi connectivity index (χ1v) is 35.6. The molecule has 17 atom stereocenters. The minimum atomic E-state index is -1.97. The number of ether oxygens (including phenoxy) is 6. The molecule has 0 saturated carbocycles. The van der Waals surface area contributed by atoms with Crippen LogP contribution in [0.2, 0.25) is 0 Å². The van der Waals surface area contributed by atoms with Gasteiger partial charge in [0.2, 0.25) is 5.91 Å². The molecule has 17 unspecified atom stereocenters. The first-order valence-electron chi connectivity index (χ1n) is 35.6. The standard InChI is InChI=1S/C69H129NO18/c1-3-5-7-9-11-13-15-17-19-20-21-22-23-24-25-26-27-28-29-30-31-32-33-34-36-38-40-42-44-46-53(74)52(70-57(75)47-45-43-41-39-37-35-18-16-14-12-10-8-6-4-2)51-83-67-63(81)60(78)65(55(49-72)85-67)88-69-64(82)61(79)66(56(50-73)86-69)87-68-62(80)59(77)58(76)54(48-71)84-68/h10,12,16,18,52-56,58-69,71-74,76-82H,3-9,11,13-15,17,19-51H2,1-2H3,(H,70,75)/b12-10-,18-16-. The first kappa shape index (κ1) is 80.5. The van der Waals surface area contributed by atoms with Crippen molar-refractivity contribution in [2.24, 2.45) is 0 Å². The number of hydrogen-bond donors (Lipinski definition) is 12. The monoisotopic (exact) mass is 1260 g/mol. The van der Waals surface area contributed by atoms with E-state index in [1.54, 1.807) is 0 Å². The van der Waals surface area contributed by atoms with Gasteiger partial charge >= 0.3 is 0 Å². The lowest BCUT2D eigenvalue weighted by molar-refractivity contribution is -0.379. The average molecular weight is 1260 g/mol. The molecule has 0 radical (unpaired) electrons. The lowest BCUT2D eigenvalue weighted by Gasteiger charge is -2.48. The van der Waals surface area contributed by atoms with Gasteiger partial charge in [0.1, 0.15) is 73.2 Å². The maximum atomic E-state index is 13.4. The maximum absolute atomic E-state index is 13.4. The van der Waals surface area contributed by atoms with Crippen molar-refractivity contribution in [2.75, 3.05) is 26.4 Å². The molecule has 0 aliphatic carbocycles. The van der Waals surface area contributed by atoms with Gasteiger partial charge in [-0.1, -0.05) is 256 Å². The normalized spacial score (nSPS) is 28.5. The minimum absolute atomic E-state index is 0.252. The van der Waals surface area contributed by atoms with Crippen molar-refractivity contribution >= 4 is 5.91 Å². The van der Waals surface area contributed by atoms with Crippen molar-refractivity contribution in [1.29, 1.82) is 0 Å². The molecule has 0 spiro atoms. The lowest BCUT2D eigenvalue weighted by Crippen LogP contribution is -2.66. The van der Waals surface area contributed by atoms with Gasteiger partial charge in [0.25, 0.3) is 0 Å². The van der Waals surface area contributed by atoms with E-state index in [0.29, 0.717) is 12.8 Å². The Hall–Kier alpha value is -1.73. The summed E-state index contributed by atoms with van der Waals surface area (Å²) >= 11 is 0.